The second-order valence-corrected chi connectivity index (χ2v) is 8.30. The molecule has 6 heteroatoms. The van der Waals surface area contributed by atoms with Gasteiger partial charge in [-0.2, -0.15) is 0 Å². The second kappa shape index (κ2) is 6.57. The molecule has 0 aliphatic carbocycles. The molecule has 6 nitrogen and oxygen atoms in total. The lowest BCUT2D eigenvalue weighted by atomic mass is 9.79. The standard InChI is InChI=1S/C22H27N5O/c1-25-10-7-18-20(24-15-23-18)22(25)8-11-27(12-9-22)14-17-13-16-5-3-4-6-19(16)26(2)21(17)28/h3-6,13,15H,7-12,14H2,1-2H3,(H,23,24). The number of pyridine rings is 1. The summed E-state index contributed by atoms with van der Waals surface area (Å²) in [5.41, 5.74) is 4.57. The zero-order valence-corrected chi connectivity index (χ0v) is 16.6. The van der Waals surface area contributed by atoms with Gasteiger partial charge in [-0.15, -0.1) is 0 Å². The first-order valence-electron chi connectivity index (χ1n) is 10.1. The molecule has 1 fully saturated rings. The number of aromatic amines is 1. The number of piperidine rings is 1. The second-order valence-electron chi connectivity index (χ2n) is 8.30. The topological polar surface area (TPSA) is 57.2 Å². The largest absolute Gasteiger partial charge is 0.348 e. The van der Waals surface area contributed by atoms with Gasteiger partial charge in [0.05, 0.1) is 23.1 Å². The van der Waals surface area contributed by atoms with Gasteiger partial charge in [0.25, 0.3) is 5.56 Å². The predicted octanol–water partition coefficient (Wildman–Crippen LogP) is 2.24. The fraction of sp³-hybridized carbons (Fsp3) is 0.455. The molecule has 28 heavy (non-hydrogen) atoms. The minimum atomic E-state index is 0.0401. The van der Waals surface area contributed by atoms with Crippen molar-refractivity contribution in [1.29, 1.82) is 0 Å². The zero-order chi connectivity index (χ0) is 19.3. The number of likely N-dealkylation sites (tertiary alicyclic amines) is 1. The maximum Gasteiger partial charge on any atom is 0.255 e. The van der Waals surface area contributed by atoms with Crippen molar-refractivity contribution < 1.29 is 0 Å². The van der Waals surface area contributed by atoms with Crippen molar-refractivity contribution in [1.82, 2.24) is 24.3 Å². The van der Waals surface area contributed by atoms with E-state index in [4.69, 9.17) is 0 Å². The summed E-state index contributed by atoms with van der Waals surface area (Å²) < 4.78 is 1.78. The minimum absolute atomic E-state index is 0.0401. The molecule has 1 N–H and O–H groups in total. The van der Waals surface area contributed by atoms with Crippen LogP contribution in [-0.2, 0) is 25.6 Å². The lowest BCUT2D eigenvalue weighted by Gasteiger charge is -2.49. The van der Waals surface area contributed by atoms with Crippen LogP contribution in [-0.4, -0.2) is 51.0 Å². The van der Waals surface area contributed by atoms with Gasteiger partial charge >= 0.3 is 0 Å². The number of nitrogens with one attached hydrogen (secondary N) is 1. The van der Waals surface area contributed by atoms with Crippen molar-refractivity contribution in [3.63, 3.8) is 0 Å². The van der Waals surface area contributed by atoms with E-state index < -0.39 is 0 Å². The van der Waals surface area contributed by atoms with E-state index in [1.54, 1.807) is 4.57 Å². The first-order valence-corrected chi connectivity index (χ1v) is 10.1. The van der Waals surface area contributed by atoms with Gasteiger partial charge in [0, 0.05) is 50.9 Å². The van der Waals surface area contributed by atoms with Gasteiger partial charge in [-0.1, -0.05) is 18.2 Å². The highest BCUT2D eigenvalue weighted by atomic mass is 16.1. The van der Waals surface area contributed by atoms with Gasteiger partial charge in [-0.3, -0.25) is 14.6 Å². The molecule has 2 aromatic heterocycles. The van der Waals surface area contributed by atoms with Gasteiger partial charge in [0.1, 0.15) is 0 Å². The third kappa shape index (κ3) is 2.63. The van der Waals surface area contributed by atoms with Gasteiger partial charge in [0.2, 0.25) is 0 Å². The smallest absolute Gasteiger partial charge is 0.255 e. The summed E-state index contributed by atoms with van der Waals surface area (Å²) >= 11 is 0. The van der Waals surface area contributed by atoms with Crippen LogP contribution in [0.5, 0.6) is 0 Å². The Labute approximate surface area is 164 Å². The van der Waals surface area contributed by atoms with E-state index in [0.29, 0.717) is 6.54 Å². The number of hydrogen-bond donors (Lipinski definition) is 1. The average molecular weight is 377 g/mol. The van der Waals surface area contributed by atoms with E-state index in [9.17, 15) is 4.79 Å². The molecule has 0 bridgehead atoms. The van der Waals surface area contributed by atoms with Crippen LogP contribution in [0.1, 0.15) is 29.8 Å². The summed E-state index contributed by atoms with van der Waals surface area (Å²) in [5, 5.41) is 1.13. The van der Waals surface area contributed by atoms with Crippen LogP contribution in [0.15, 0.2) is 41.5 Å². The molecule has 5 rings (SSSR count). The van der Waals surface area contributed by atoms with E-state index in [1.165, 1.54) is 11.4 Å². The van der Waals surface area contributed by atoms with Crippen LogP contribution < -0.4 is 5.56 Å². The van der Waals surface area contributed by atoms with Crippen LogP contribution in [0, 0.1) is 0 Å². The number of nitrogens with zero attached hydrogens (tertiary/aromatic N) is 4. The molecule has 1 saturated heterocycles. The normalized spacial score (nSPS) is 19.9. The number of benzene rings is 1. The number of likely N-dealkylation sites (N-methyl/N-ethyl adjacent to an activating group) is 1. The number of hydrogen-bond acceptors (Lipinski definition) is 4. The number of H-pyrrole nitrogens is 1. The van der Waals surface area contributed by atoms with E-state index in [-0.39, 0.29) is 11.1 Å². The summed E-state index contributed by atoms with van der Waals surface area (Å²) in [5.74, 6) is 0. The fourth-order valence-corrected chi connectivity index (χ4v) is 5.13. The Bertz CT molecular complexity index is 1070. The predicted molar refractivity (Wildman–Crippen MR) is 110 cm³/mol. The Kier molecular flexibility index (Phi) is 4.14. The van der Waals surface area contributed by atoms with E-state index in [1.807, 2.05) is 31.6 Å². The quantitative estimate of drug-likeness (QED) is 0.744. The van der Waals surface area contributed by atoms with Crippen molar-refractivity contribution in [3.8, 4) is 0 Å². The highest BCUT2D eigenvalue weighted by Gasteiger charge is 2.44. The Balaban J connectivity index is 1.39. The maximum absolute atomic E-state index is 12.8. The Morgan fingerprint density at radius 1 is 1.14 bits per heavy atom. The molecular formula is C22H27N5O. The van der Waals surface area contributed by atoms with Gasteiger partial charge in [-0.25, -0.2) is 4.98 Å². The molecule has 146 valence electrons. The summed E-state index contributed by atoms with van der Waals surface area (Å²) in [4.78, 5) is 25.8. The molecule has 1 aromatic carbocycles. The Morgan fingerprint density at radius 2 is 1.93 bits per heavy atom. The summed E-state index contributed by atoms with van der Waals surface area (Å²) in [6.45, 7) is 3.74. The molecule has 3 aromatic rings. The third-order valence-corrected chi connectivity index (χ3v) is 6.87. The van der Waals surface area contributed by atoms with Crippen LogP contribution in [0.4, 0.5) is 0 Å². The first kappa shape index (κ1) is 17.6. The molecular weight excluding hydrogens is 350 g/mol. The summed E-state index contributed by atoms with van der Waals surface area (Å²) in [6.07, 6.45) is 4.99. The van der Waals surface area contributed by atoms with E-state index >= 15 is 0 Å². The van der Waals surface area contributed by atoms with Crippen LogP contribution in [0.25, 0.3) is 10.9 Å². The first-order chi connectivity index (χ1) is 13.6. The highest BCUT2D eigenvalue weighted by Crippen LogP contribution is 2.41. The van der Waals surface area contributed by atoms with Gasteiger partial charge in [-0.05, 0) is 37.4 Å². The van der Waals surface area contributed by atoms with Crippen molar-refractivity contribution in [2.24, 2.45) is 7.05 Å². The molecule has 0 unspecified atom stereocenters. The SMILES string of the molecule is CN1CCc2[nH]cnc2C12CCN(Cc1cc3ccccc3n(C)c1=O)CC2. The molecule has 0 saturated carbocycles. The monoisotopic (exact) mass is 377 g/mol. The Morgan fingerprint density at radius 3 is 2.75 bits per heavy atom. The third-order valence-electron chi connectivity index (χ3n) is 6.87. The van der Waals surface area contributed by atoms with E-state index in [2.05, 4.69) is 38.9 Å². The lowest BCUT2D eigenvalue weighted by Crippen LogP contribution is -2.54. The van der Waals surface area contributed by atoms with Crippen molar-refractivity contribution in [3.05, 3.63) is 64.0 Å². The van der Waals surface area contributed by atoms with Crippen molar-refractivity contribution >= 4 is 10.9 Å². The summed E-state index contributed by atoms with van der Waals surface area (Å²) in [6, 6.07) is 10.2. The molecule has 1 spiro atoms. The Hall–Kier alpha value is -2.44. The highest BCUT2D eigenvalue weighted by molar-refractivity contribution is 5.79. The molecule has 0 atom stereocenters. The number of fused-ring (bicyclic) bond motifs is 3. The number of imidazole rings is 1. The zero-order valence-electron chi connectivity index (χ0n) is 16.6. The number of aromatic nitrogens is 3. The number of rotatable bonds is 2. The van der Waals surface area contributed by atoms with Crippen LogP contribution in [0.2, 0.25) is 0 Å². The molecule has 2 aliphatic heterocycles. The molecule has 4 heterocycles. The van der Waals surface area contributed by atoms with Crippen molar-refractivity contribution in [2.45, 2.75) is 31.3 Å². The molecule has 0 radical (unpaired) electrons. The maximum atomic E-state index is 12.8. The summed E-state index contributed by atoms with van der Waals surface area (Å²) in [7, 11) is 4.10. The van der Waals surface area contributed by atoms with Gasteiger partial charge < -0.3 is 9.55 Å². The van der Waals surface area contributed by atoms with Crippen molar-refractivity contribution in [2.75, 3.05) is 26.7 Å². The van der Waals surface area contributed by atoms with Crippen LogP contribution in [0.3, 0.4) is 0 Å². The van der Waals surface area contributed by atoms with Crippen LogP contribution >= 0.6 is 0 Å². The average Bonchev–Trinajstić information content (AvgIpc) is 3.20. The minimum Gasteiger partial charge on any atom is -0.348 e. The number of para-hydroxylation sites is 1. The lowest BCUT2D eigenvalue weighted by molar-refractivity contribution is 0.0220. The molecule has 2 aliphatic rings. The van der Waals surface area contributed by atoms with E-state index in [0.717, 1.165) is 55.4 Å². The fourth-order valence-electron chi connectivity index (χ4n) is 5.13. The number of aryl methyl sites for hydroxylation is 1. The molecule has 0 amide bonds. The van der Waals surface area contributed by atoms with Gasteiger partial charge in [0.15, 0.2) is 0 Å².